The molecule has 0 spiro atoms. The largest absolute Gasteiger partial charge is 0.457 e. The Hall–Kier alpha value is -5.04. The first-order chi connectivity index (χ1) is 18.3. The number of hydrogen-bond donors (Lipinski definition) is 0. The zero-order valence-corrected chi connectivity index (χ0v) is 20.8. The van der Waals surface area contributed by atoms with E-state index in [2.05, 4.69) is 0 Å². The van der Waals surface area contributed by atoms with Crippen LogP contribution in [-0.2, 0) is 4.74 Å². The van der Waals surface area contributed by atoms with E-state index >= 15 is 0 Å². The minimum absolute atomic E-state index is 0.0760. The summed E-state index contributed by atoms with van der Waals surface area (Å²) in [4.78, 5) is 52.4. The van der Waals surface area contributed by atoms with Gasteiger partial charge in [0.05, 0.1) is 22.4 Å². The molecule has 5 rings (SSSR count). The minimum atomic E-state index is -0.757. The minimum Gasteiger partial charge on any atom is -0.457 e. The molecular weight excluding hydrogens is 482 g/mol. The molecule has 0 saturated heterocycles. The predicted octanol–water partition coefficient (Wildman–Crippen LogP) is 5.94. The van der Waals surface area contributed by atoms with Crippen molar-refractivity contribution in [2.24, 2.45) is 0 Å². The Balaban J connectivity index is 1.29. The average molecular weight is 506 g/mol. The highest BCUT2D eigenvalue weighted by atomic mass is 16.5. The van der Waals surface area contributed by atoms with Crippen molar-refractivity contribution in [2.75, 3.05) is 11.5 Å². The Morgan fingerprint density at radius 2 is 1.42 bits per heavy atom. The van der Waals surface area contributed by atoms with Crippen LogP contribution in [0.1, 0.15) is 52.6 Å². The molecule has 0 radical (unpaired) electrons. The van der Waals surface area contributed by atoms with Crippen molar-refractivity contribution < 1.29 is 28.7 Å². The van der Waals surface area contributed by atoms with E-state index in [9.17, 15) is 19.2 Å². The molecule has 0 aromatic heterocycles. The number of nitrogens with zero attached hydrogens (tertiary/aromatic N) is 1. The number of esters is 1. The fourth-order valence-corrected chi connectivity index (χ4v) is 4.22. The first kappa shape index (κ1) is 24.6. The first-order valence-electron chi connectivity index (χ1n) is 12.0. The van der Waals surface area contributed by atoms with E-state index in [0.717, 1.165) is 16.0 Å². The highest BCUT2D eigenvalue weighted by Gasteiger charge is 2.37. The number of hydrogen-bond acceptors (Lipinski definition) is 6. The van der Waals surface area contributed by atoms with Gasteiger partial charge in [-0.15, -0.1) is 0 Å². The van der Waals surface area contributed by atoms with E-state index in [4.69, 9.17) is 9.47 Å². The molecule has 2 amide bonds. The molecule has 1 aliphatic rings. The normalized spacial score (nSPS) is 12.3. The highest BCUT2D eigenvalue weighted by molar-refractivity contribution is 6.34. The van der Waals surface area contributed by atoms with Crippen molar-refractivity contribution >= 4 is 29.3 Å². The van der Waals surface area contributed by atoms with Crippen LogP contribution in [-0.4, -0.2) is 30.2 Å². The van der Waals surface area contributed by atoms with E-state index in [1.54, 1.807) is 30.3 Å². The lowest BCUT2D eigenvalue weighted by molar-refractivity contribution is 0.0474. The van der Waals surface area contributed by atoms with Crippen LogP contribution >= 0.6 is 0 Å². The molecule has 7 nitrogen and oxygen atoms in total. The second kappa shape index (κ2) is 10.1. The van der Waals surface area contributed by atoms with Gasteiger partial charge in [-0.05, 0) is 80.1 Å². The molecule has 7 heteroatoms. The van der Waals surface area contributed by atoms with Crippen molar-refractivity contribution in [1.29, 1.82) is 0 Å². The molecule has 0 bridgehead atoms. The summed E-state index contributed by atoms with van der Waals surface area (Å²) in [6, 6.07) is 25.5. The molecule has 0 N–H and O–H groups in total. The van der Waals surface area contributed by atoms with Crippen LogP contribution in [0.25, 0.3) is 0 Å². The Labute approximate surface area is 219 Å². The second-order valence-corrected chi connectivity index (χ2v) is 8.93. The van der Waals surface area contributed by atoms with Gasteiger partial charge < -0.3 is 9.47 Å². The quantitative estimate of drug-likeness (QED) is 0.176. The molecule has 0 saturated carbocycles. The third kappa shape index (κ3) is 4.82. The number of benzene rings is 4. The lowest BCUT2D eigenvalue weighted by Crippen LogP contribution is -2.29. The molecule has 4 aromatic rings. The lowest BCUT2D eigenvalue weighted by atomic mass is 10.0. The van der Waals surface area contributed by atoms with E-state index in [1.165, 1.54) is 18.2 Å². The van der Waals surface area contributed by atoms with Crippen LogP contribution in [0.4, 0.5) is 5.69 Å². The number of amides is 2. The van der Waals surface area contributed by atoms with Crippen LogP contribution < -0.4 is 9.64 Å². The Morgan fingerprint density at radius 3 is 2.16 bits per heavy atom. The van der Waals surface area contributed by atoms with Gasteiger partial charge in [0.25, 0.3) is 11.8 Å². The van der Waals surface area contributed by atoms with Gasteiger partial charge in [-0.3, -0.25) is 14.4 Å². The van der Waals surface area contributed by atoms with Crippen LogP contribution in [0, 0.1) is 13.8 Å². The van der Waals surface area contributed by atoms with Crippen molar-refractivity contribution in [3.63, 3.8) is 0 Å². The summed E-state index contributed by atoms with van der Waals surface area (Å²) >= 11 is 0. The summed E-state index contributed by atoms with van der Waals surface area (Å²) in [7, 11) is 0. The van der Waals surface area contributed by atoms with E-state index in [1.807, 2.05) is 56.3 Å². The molecule has 188 valence electrons. The van der Waals surface area contributed by atoms with Gasteiger partial charge in [0.2, 0.25) is 5.78 Å². The molecule has 0 fully saturated rings. The number of anilines is 1. The average Bonchev–Trinajstić information content (AvgIpc) is 3.18. The number of carbonyl (C=O) groups excluding carboxylic acids is 4. The number of carbonyl (C=O) groups is 4. The predicted molar refractivity (Wildman–Crippen MR) is 141 cm³/mol. The maximum Gasteiger partial charge on any atom is 0.338 e. The SMILES string of the molecule is Cc1ccc(C)c(C(=O)COC(=O)c2ccc3c(c2)C(=O)N(c2ccc(Oc4ccccc4)cc2)C3=O)c1. The zero-order chi connectivity index (χ0) is 26.8. The van der Waals surface area contributed by atoms with Crippen LogP contribution in [0.5, 0.6) is 11.5 Å². The third-order valence-corrected chi connectivity index (χ3v) is 6.22. The van der Waals surface area contributed by atoms with Crippen molar-refractivity contribution in [1.82, 2.24) is 0 Å². The molecule has 1 aliphatic heterocycles. The molecule has 1 heterocycles. The maximum atomic E-state index is 13.1. The molecule has 0 atom stereocenters. The molecule has 38 heavy (non-hydrogen) atoms. The number of fused-ring (bicyclic) bond motifs is 1. The van der Waals surface area contributed by atoms with Gasteiger partial charge in [-0.25, -0.2) is 9.69 Å². The maximum absolute atomic E-state index is 13.1. The smallest absolute Gasteiger partial charge is 0.338 e. The van der Waals surface area contributed by atoms with Crippen molar-refractivity contribution in [2.45, 2.75) is 13.8 Å². The lowest BCUT2D eigenvalue weighted by Gasteiger charge is -2.14. The van der Waals surface area contributed by atoms with Gasteiger partial charge in [0.15, 0.2) is 6.61 Å². The van der Waals surface area contributed by atoms with Crippen LogP contribution in [0.15, 0.2) is 91.0 Å². The number of para-hydroxylation sites is 1. The van der Waals surface area contributed by atoms with Crippen molar-refractivity contribution in [3.8, 4) is 11.5 Å². The van der Waals surface area contributed by atoms with Gasteiger partial charge in [0.1, 0.15) is 11.5 Å². The molecule has 0 aliphatic carbocycles. The Morgan fingerprint density at radius 1 is 0.737 bits per heavy atom. The fourth-order valence-electron chi connectivity index (χ4n) is 4.22. The van der Waals surface area contributed by atoms with E-state index in [0.29, 0.717) is 22.7 Å². The monoisotopic (exact) mass is 505 g/mol. The summed E-state index contributed by atoms with van der Waals surface area (Å²) in [5, 5.41) is 0. The fraction of sp³-hybridized carbons (Fsp3) is 0.0968. The zero-order valence-electron chi connectivity index (χ0n) is 20.8. The first-order valence-corrected chi connectivity index (χ1v) is 12.0. The summed E-state index contributed by atoms with van der Waals surface area (Å²) in [6.45, 7) is 3.26. The van der Waals surface area contributed by atoms with Crippen LogP contribution in [0.3, 0.4) is 0 Å². The molecule has 4 aromatic carbocycles. The number of aryl methyl sites for hydroxylation is 2. The van der Waals surface area contributed by atoms with Gasteiger partial charge in [-0.2, -0.15) is 0 Å². The topological polar surface area (TPSA) is 90.0 Å². The number of ketones is 1. The number of ether oxygens (including phenoxy) is 2. The van der Waals surface area contributed by atoms with E-state index < -0.39 is 24.4 Å². The number of rotatable bonds is 7. The standard InChI is InChI=1S/C31H23NO6/c1-19-8-9-20(2)26(16-19)28(33)18-37-31(36)21-10-15-25-27(17-21)30(35)32(29(25)34)22-11-13-24(14-12-22)38-23-6-4-3-5-7-23/h3-17H,18H2,1-2H3. The summed E-state index contributed by atoms with van der Waals surface area (Å²) < 4.78 is 11.0. The molecular formula is C31H23NO6. The van der Waals surface area contributed by atoms with Crippen LogP contribution in [0.2, 0.25) is 0 Å². The second-order valence-electron chi connectivity index (χ2n) is 8.93. The van der Waals surface area contributed by atoms with Gasteiger partial charge in [-0.1, -0.05) is 35.9 Å². The summed E-state index contributed by atoms with van der Waals surface area (Å²) in [5.41, 5.74) is 2.93. The third-order valence-electron chi connectivity index (χ3n) is 6.22. The molecule has 0 unspecified atom stereocenters. The van der Waals surface area contributed by atoms with Crippen molar-refractivity contribution in [3.05, 3.63) is 124 Å². The summed E-state index contributed by atoms with van der Waals surface area (Å²) in [5.74, 6) is -0.909. The Bertz CT molecular complexity index is 1570. The highest BCUT2D eigenvalue weighted by Crippen LogP contribution is 2.31. The van der Waals surface area contributed by atoms with Gasteiger partial charge in [0, 0.05) is 5.56 Å². The van der Waals surface area contributed by atoms with E-state index in [-0.39, 0.29) is 22.5 Å². The van der Waals surface area contributed by atoms with Gasteiger partial charge >= 0.3 is 5.97 Å². The Kier molecular flexibility index (Phi) is 6.58. The number of imide groups is 1. The summed E-state index contributed by atoms with van der Waals surface area (Å²) in [6.07, 6.45) is 0. The number of Topliss-reactive ketones (excluding diaryl/α,β-unsaturated/α-hetero) is 1.